The number of rotatable bonds is 5. The second-order valence-electron chi connectivity index (χ2n) is 10.5. The third kappa shape index (κ3) is 4.34. The number of fused-ring (bicyclic) bond motifs is 1. The Labute approximate surface area is 216 Å². The third-order valence-electron chi connectivity index (χ3n) is 7.91. The molecule has 3 aromatic carbocycles. The molecule has 0 spiro atoms. The highest BCUT2D eigenvalue weighted by molar-refractivity contribution is 5.88. The van der Waals surface area contributed by atoms with Gasteiger partial charge in [0.2, 0.25) is 0 Å². The van der Waals surface area contributed by atoms with Gasteiger partial charge in [-0.15, -0.1) is 0 Å². The molecular weight excluding hydrogens is 444 g/mol. The predicted molar refractivity (Wildman–Crippen MR) is 151 cm³/mol. The first-order valence-electron chi connectivity index (χ1n) is 13.0. The van der Waals surface area contributed by atoms with Crippen LogP contribution in [-0.4, -0.2) is 38.9 Å². The number of hydrogen-bond acceptors (Lipinski definition) is 4. The van der Waals surface area contributed by atoms with Crippen molar-refractivity contribution in [2.24, 2.45) is 0 Å². The number of ether oxygens (including phenoxy) is 2. The lowest BCUT2D eigenvalue weighted by Crippen LogP contribution is -2.47. The fourth-order valence-electron chi connectivity index (χ4n) is 5.81. The molecule has 0 unspecified atom stereocenters. The smallest absolute Gasteiger partial charge is 0.131 e. The van der Waals surface area contributed by atoms with Crippen LogP contribution in [0.25, 0.3) is 5.57 Å². The highest BCUT2D eigenvalue weighted by atomic mass is 16.5. The van der Waals surface area contributed by atoms with E-state index in [1.54, 1.807) is 7.11 Å². The van der Waals surface area contributed by atoms with E-state index in [2.05, 4.69) is 93.0 Å². The first-order chi connectivity index (χ1) is 17.3. The van der Waals surface area contributed by atoms with Gasteiger partial charge in [-0.2, -0.15) is 0 Å². The van der Waals surface area contributed by atoms with E-state index in [1.165, 1.54) is 44.8 Å². The van der Waals surface area contributed by atoms with Crippen molar-refractivity contribution in [2.75, 3.05) is 43.1 Å². The van der Waals surface area contributed by atoms with Gasteiger partial charge in [-0.1, -0.05) is 36.4 Å². The molecule has 0 aromatic heterocycles. The summed E-state index contributed by atoms with van der Waals surface area (Å²) < 4.78 is 11.9. The molecular formula is C32H38N2O2. The van der Waals surface area contributed by atoms with Gasteiger partial charge in [0, 0.05) is 48.7 Å². The van der Waals surface area contributed by atoms with E-state index in [0.29, 0.717) is 0 Å². The summed E-state index contributed by atoms with van der Waals surface area (Å²) in [6.45, 7) is 15.2. The largest absolute Gasteiger partial charge is 0.497 e. The van der Waals surface area contributed by atoms with Crippen LogP contribution in [0.4, 0.5) is 11.4 Å². The molecule has 0 aliphatic carbocycles. The lowest BCUT2D eigenvalue weighted by molar-refractivity contribution is 0.188. The molecule has 0 saturated carbocycles. The summed E-state index contributed by atoms with van der Waals surface area (Å²) >= 11 is 0. The van der Waals surface area contributed by atoms with Crippen LogP contribution < -0.4 is 19.3 Å². The maximum Gasteiger partial charge on any atom is 0.131 e. The molecule has 0 bridgehead atoms. The van der Waals surface area contributed by atoms with Gasteiger partial charge < -0.3 is 19.3 Å². The van der Waals surface area contributed by atoms with Crippen molar-refractivity contribution < 1.29 is 9.47 Å². The van der Waals surface area contributed by atoms with E-state index in [0.717, 1.165) is 44.1 Å². The Morgan fingerprint density at radius 1 is 0.833 bits per heavy atom. The van der Waals surface area contributed by atoms with Crippen molar-refractivity contribution in [3.63, 3.8) is 0 Å². The van der Waals surface area contributed by atoms with Gasteiger partial charge in [0.25, 0.3) is 0 Å². The lowest BCUT2D eigenvalue weighted by Gasteiger charge is -2.39. The number of hydrogen-bond donors (Lipinski definition) is 0. The first kappa shape index (κ1) is 24.3. The standard InChI is InChI=1S/C32H38N2O2/c1-22-23(2)31-29(28(32(4,5)36-31)17-12-25-10-8-7-9-11-25)24(3)30(22)34-20-18-33(19-21-34)26-13-15-27(35-6)16-14-26/h7-11,13-17H,12,18-21H2,1-6H3/b28-17+. The van der Waals surface area contributed by atoms with E-state index in [-0.39, 0.29) is 5.60 Å². The second kappa shape index (κ2) is 9.57. The Morgan fingerprint density at radius 3 is 2.11 bits per heavy atom. The Kier molecular flexibility index (Phi) is 6.46. The highest BCUT2D eigenvalue weighted by Crippen LogP contribution is 2.51. The average molecular weight is 483 g/mol. The van der Waals surface area contributed by atoms with Crippen LogP contribution in [0, 0.1) is 20.8 Å². The number of piperazine rings is 1. The summed E-state index contributed by atoms with van der Waals surface area (Å²) in [7, 11) is 1.71. The van der Waals surface area contributed by atoms with Crippen LogP contribution in [-0.2, 0) is 6.42 Å². The summed E-state index contributed by atoms with van der Waals surface area (Å²) in [5, 5.41) is 0. The van der Waals surface area contributed by atoms with Gasteiger partial charge in [-0.3, -0.25) is 0 Å². The minimum Gasteiger partial charge on any atom is -0.497 e. The van der Waals surface area contributed by atoms with Crippen LogP contribution in [0.3, 0.4) is 0 Å². The van der Waals surface area contributed by atoms with Crippen molar-refractivity contribution in [1.82, 2.24) is 0 Å². The fraction of sp³-hybridized carbons (Fsp3) is 0.375. The number of nitrogens with zero attached hydrogens (tertiary/aromatic N) is 2. The topological polar surface area (TPSA) is 24.9 Å². The molecule has 1 saturated heterocycles. The number of anilines is 2. The molecule has 36 heavy (non-hydrogen) atoms. The molecule has 188 valence electrons. The number of benzene rings is 3. The molecule has 5 rings (SSSR count). The zero-order valence-electron chi connectivity index (χ0n) is 22.5. The Bertz CT molecular complexity index is 1270. The molecule has 4 nitrogen and oxygen atoms in total. The van der Waals surface area contributed by atoms with Crippen molar-refractivity contribution in [2.45, 2.75) is 46.6 Å². The third-order valence-corrected chi connectivity index (χ3v) is 7.91. The molecule has 3 aromatic rings. The minimum absolute atomic E-state index is 0.342. The molecule has 2 heterocycles. The van der Waals surface area contributed by atoms with E-state index in [4.69, 9.17) is 9.47 Å². The van der Waals surface area contributed by atoms with E-state index < -0.39 is 0 Å². The van der Waals surface area contributed by atoms with Gasteiger partial charge in [-0.25, -0.2) is 0 Å². The normalized spacial score (nSPS) is 17.8. The van der Waals surface area contributed by atoms with Gasteiger partial charge in [0.15, 0.2) is 0 Å². The summed E-state index contributed by atoms with van der Waals surface area (Å²) in [4.78, 5) is 5.05. The predicted octanol–water partition coefficient (Wildman–Crippen LogP) is 6.74. The monoisotopic (exact) mass is 482 g/mol. The SMILES string of the molecule is COc1ccc(N2CCN(c3c(C)c(C)c4c(c3C)/C(=C\Cc3ccccc3)C(C)(C)O4)CC2)cc1. The minimum atomic E-state index is -0.342. The quantitative estimate of drug-likeness (QED) is 0.402. The van der Waals surface area contributed by atoms with Crippen molar-refractivity contribution in [1.29, 1.82) is 0 Å². The zero-order chi connectivity index (χ0) is 25.4. The van der Waals surface area contributed by atoms with Gasteiger partial charge in [0.1, 0.15) is 17.1 Å². The van der Waals surface area contributed by atoms with Gasteiger partial charge >= 0.3 is 0 Å². The zero-order valence-corrected chi connectivity index (χ0v) is 22.5. The molecule has 4 heteroatoms. The maximum atomic E-state index is 6.62. The number of methoxy groups -OCH3 is 1. The van der Waals surface area contributed by atoms with E-state index in [9.17, 15) is 0 Å². The van der Waals surface area contributed by atoms with Crippen molar-refractivity contribution in [3.05, 3.63) is 88.5 Å². The second-order valence-corrected chi connectivity index (χ2v) is 10.5. The summed E-state index contributed by atoms with van der Waals surface area (Å²) in [6, 6.07) is 19.1. The van der Waals surface area contributed by atoms with Crippen LogP contribution >= 0.6 is 0 Å². The van der Waals surface area contributed by atoms with Crippen LogP contribution in [0.2, 0.25) is 0 Å². The molecule has 1 fully saturated rings. The lowest BCUT2D eigenvalue weighted by atomic mass is 9.86. The van der Waals surface area contributed by atoms with Gasteiger partial charge in [0.05, 0.1) is 7.11 Å². The fourth-order valence-corrected chi connectivity index (χ4v) is 5.81. The molecule has 0 amide bonds. The van der Waals surface area contributed by atoms with E-state index >= 15 is 0 Å². The summed E-state index contributed by atoms with van der Waals surface area (Å²) in [6.07, 6.45) is 3.29. The Hall–Kier alpha value is -3.40. The van der Waals surface area contributed by atoms with Crippen LogP contribution in [0.5, 0.6) is 11.5 Å². The molecule has 0 N–H and O–H groups in total. The van der Waals surface area contributed by atoms with Crippen molar-refractivity contribution >= 4 is 16.9 Å². The molecule has 2 aliphatic rings. The summed E-state index contributed by atoms with van der Waals surface area (Å²) in [5.74, 6) is 1.97. The Balaban J connectivity index is 1.45. The van der Waals surface area contributed by atoms with Gasteiger partial charge in [-0.05, 0) is 87.6 Å². The molecule has 0 radical (unpaired) electrons. The average Bonchev–Trinajstić information content (AvgIpc) is 3.17. The van der Waals surface area contributed by atoms with Crippen LogP contribution in [0.1, 0.15) is 41.7 Å². The van der Waals surface area contributed by atoms with E-state index in [1.807, 2.05) is 12.1 Å². The van der Waals surface area contributed by atoms with Crippen molar-refractivity contribution in [3.8, 4) is 11.5 Å². The van der Waals surface area contributed by atoms with Crippen LogP contribution in [0.15, 0.2) is 60.7 Å². The first-order valence-corrected chi connectivity index (χ1v) is 13.0. The Morgan fingerprint density at radius 2 is 1.47 bits per heavy atom. The molecule has 2 aliphatic heterocycles. The summed E-state index contributed by atoms with van der Waals surface area (Å²) in [5.41, 5.74) is 10.2. The maximum absolute atomic E-state index is 6.62. The highest BCUT2D eigenvalue weighted by Gasteiger charge is 2.40. The number of allylic oxidation sites excluding steroid dienone is 1. The molecule has 0 atom stereocenters.